The molecule has 8 aromatic carbocycles. The second-order valence-corrected chi connectivity index (χ2v) is 14.0. The molecule has 0 spiro atoms. The Kier molecular flexibility index (Phi) is 7.04. The van der Waals surface area contributed by atoms with Crippen molar-refractivity contribution in [3.63, 3.8) is 0 Å². The van der Waals surface area contributed by atoms with Crippen LogP contribution in [0, 0.1) is 0 Å². The van der Waals surface area contributed by atoms with Gasteiger partial charge in [0, 0.05) is 53.6 Å². The summed E-state index contributed by atoms with van der Waals surface area (Å²) in [6.07, 6.45) is 0. The zero-order chi connectivity index (χ0) is 33.7. The zero-order valence-electron chi connectivity index (χ0n) is 27.7. The maximum absolute atomic E-state index is 6.40. The molecule has 3 heteroatoms. The summed E-state index contributed by atoms with van der Waals surface area (Å²) in [6, 6.07) is 67.3. The van der Waals surface area contributed by atoms with Crippen molar-refractivity contribution >= 4 is 70.5 Å². The molecule has 0 aliphatic rings. The lowest BCUT2D eigenvalue weighted by Gasteiger charge is -2.27. The summed E-state index contributed by atoms with van der Waals surface area (Å²) >= 11 is 1.86. The molecule has 0 aliphatic heterocycles. The van der Waals surface area contributed by atoms with E-state index in [1.54, 1.807) is 0 Å². The fourth-order valence-corrected chi connectivity index (χ4v) is 8.67. The number of rotatable bonds is 6. The average Bonchev–Trinajstić information content (AvgIpc) is 3.77. The van der Waals surface area contributed by atoms with E-state index >= 15 is 0 Å². The summed E-state index contributed by atoms with van der Waals surface area (Å²) in [5.41, 5.74) is 12.3. The third-order valence-electron chi connectivity index (χ3n) is 9.87. The molecule has 0 aliphatic carbocycles. The van der Waals surface area contributed by atoms with Crippen molar-refractivity contribution in [1.29, 1.82) is 0 Å². The summed E-state index contributed by atoms with van der Waals surface area (Å²) in [7, 11) is 0. The third kappa shape index (κ3) is 5.10. The standard InChI is InChI=1S/C48H31NOS/c1-4-12-32(13-5-1)34-20-24-37(25-21-34)49(38-26-22-35(23-27-38)33-14-6-2-7-15-33)39-30-41(36-16-8-3-9-17-36)48-42(31-39)47-45(51-48)29-28-44-46(47)40-18-10-11-19-43(40)50-44/h1-31H. The molecule has 10 aromatic rings. The molecule has 0 unspecified atom stereocenters. The van der Waals surface area contributed by atoms with Crippen molar-refractivity contribution < 1.29 is 4.42 Å². The van der Waals surface area contributed by atoms with Crippen LogP contribution in [0.2, 0.25) is 0 Å². The van der Waals surface area contributed by atoms with Gasteiger partial charge in [0.15, 0.2) is 0 Å². The SMILES string of the molecule is c1ccc(-c2ccc(N(c3ccc(-c4ccccc4)cc3)c3cc(-c4ccccc4)c4sc5ccc6oc7ccccc7c6c5c4c3)cc2)cc1. The molecule has 0 radical (unpaired) electrons. The van der Waals surface area contributed by atoms with Gasteiger partial charge >= 0.3 is 0 Å². The molecule has 2 nitrogen and oxygen atoms in total. The highest BCUT2D eigenvalue weighted by atomic mass is 32.1. The van der Waals surface area contributed by atoms with Gasteiger partial charge in [-0.05, 0) is 82.4 Å². The Morgan fingerprint density at radius 2 is 0.902 bits per heavy atom. The predicted octanol–water partition coefficient (Wildman–Crippen LogP) is 14.4. The summed E-state index contributed by atoms with van der Waals surface area (Å²) in [4.78, 5) is 2.40. The molecule has 0 atom stereocenters. The van der Waals surface area contributed by atoms with Gasteiger partial charge in [-0.1, -0.05) is 133 Å². The fourth-order valence-electron chi connectivity index (χ4n) is 7.44. The first-order chi connectivity index (χ1) is 25.3. The molecule has 2 aromatic heterocycles. The van der Waals surface area contributed by atoms with Crippen molar-refractivity contribution in [2.75, 3.05) is 4.90 Å². The second-order valence-electron chi connectivity index (χ2n) is 12.9. The number of para-hydroxylation sites is 1. The molecule has 0 amide bonds. The van der Waals surface area contributed by atoms with Crippen molar-refractivity contribution in [2.24, 2.45) is 0 Å². The molecule has 0 N–H and O–H groups in total. The molecule has 240 valence electrons. The molecule has 0 saturated heterocycles. The van der Waals surface area contributed by atoms with E-state index in [-0.39, 0.29) is 0 Å². The third-order valence-corrected chi connectivity index (χ3v) is 11.1. The van der Waals surface area contributed by atoms with E-state index < -0.39 is 0 Å². The molecule has 0 saturated carbocycles. The normalized spacial score (nSPS) is 11.5. The van der Waals surface area contributed by atoms with E-state index in [1.807, 2.05) is 17.4 Å². The topological polar surface area (TPSA) is 16.4 Å². The molecule has 0 bridgehead atoms. The Balaban J connectivity index is 1.24. The van der Waals surface area contributed by atoms with Crippen LogP contribution in [0.1, 0.15) is 0 Å². The first-order valence-corrected chi connectivity index (χ1v) is 18.1. The van der Waals surface area contributed by atoms with E-state index in [0.717, 1.165) is 33.6 Å². The van der Waals surface area contributed by atoms with Crippen molar-refractivity contribution in [3.05, 3.63) is 188 Å². The minimum absolute atomic E-state index is 0.914. The lowest BCUT2D eigenvalue weighted by atomic mass is 9.98. The highest BCUT2D eigenvalue weighted by Gasteiger charge is 2.21. The van der Waals surface area contributed by atoms with Crippen molar-refractivity contribution in [2.45, 2.75) is 0 Å². The number of benzene rings is 8. The first kappa shape index (κ1) is 29.5. The highest BCUT2D eigenvalue weighted by molar-refractivity contribution is 7.26. The maximum atomic E-state index is 6.40. The minimum atomic E-state index is 0.914. The van der Waals surface area contributed by atoms with Crippen molar-refractivity contribution in [1.82, 2.24) is 0 Å². The maximum Gasteiger partial charge on any atom is 0.136 e. The van der Waals surface area contributed by atoms with Crippen LogP contribution < -0.4 is 4.90 Å². The van der Waals surface area contributed by atoms with Crippen LogP contribution in [0.4, 0.5) is 17.1 Å². The van der Waals surface area contributed by atoms with E-state index in [9.17, 15) is 0 Å². The first-order valence-electron chi connectivity index (χ1n) is 17.3. The number of nitrogens with zero attached hydrogens (tertiary/aromatic N) is 1. The van der Waals surface area contributed by atoms with Crippen LogP contribution in [0.15, 0.2) is 192 Å². The number of hydrogen-bond donors (Lipinski definition) is 0. The van der Waals surface area contributed by atoms with Crippen LogP contribution in [-0.4, -0.2) is 0 Å². The summed E-state index contributed by atoms with van der Waals surface area (Å²) in [6.45, 7) is 0. The fraction of sp³-hybridized carbons (Fsp3) is 0. The quantitative estimate of drug-likeness (QED) is 0.175. The molecule has 51 heavy (non-hydrogen) atoms. The Hall–Kier alpha value is -6.42. The van der Waals surface area contributed by atoms with Crippen LogP contribution >= 0.6 is 11.3 Å². The van der Waals surface area contributed by atoms with Gasteiger partial charge in [0.2, 0.25) is 0 Å². The Bertz CT molecular complexity index is 2730. The van der Waals surface area contributed by atoms with Crippen LogP contribution in [-0.2, 0) is 0 Å². The van der Waals surface area contributed by atoms with Gasteiger partial charge in [0.05, 0.1) is 0 Å². The molecule has 0 fully saturated rings. The smallest absolute Gasteiger partial charge is 0.136 e. The Labute approximate surface area is 300 Å². The van der Waals surface area contributed by atoms with Gasteiger partial charge in [-0.25, -0.2) is 0 Å². The molecule has 2 heterocycles. The van der Waals surface area contributed by atoms with Gasteiger partial charge in [-0.3, -0.25) is 0 Å². The summed E-state index contributed by atoms with van der Waals surface area (Å²) in [5.74, 6) is 0. The van der Waals surface area contributed by atoms with Crippen LogP contribution in [0.3, 0.4) is 0 Å². The van der Waals surface area contributed by atoms with E-state index in [2.05, 4.69) is 187 Å². The van der Waals surface area contributed by atoms with Gasteiger partial charge in [0.25, 0.3) is 0 Å². The van der Waals surface area contributed by atoms with E-state index in [1.165, 1.54) is 58.9 Å². The second kappa shape index (κ2) is 12.2. The van der Waals surface area contributed by atoms with Gasteiger partial charge in [-0.15, -0.1) is 11.3 Å². The average molecular weight is 670 g/mol. The largest absolute Gasteiger partial charge is 0.456 e. The predicted molar refractivity (Wildman–Crippen MR) is 218 cm³/mol. The molecule has 10 rings (SSSR count). The van der Waals surface area contributed by atoms with E-state index in [4.69, 9.17) is 4.42 Å². The number of thiophene rings is 1. The van der Waals surface area contributed by atoms with Crippen LogP contribution in [0.5, 0.6) is 0 Å². The minimum Gasteiger partial charge on any atom is -0.456 e. The summed E-state index contributed by atoms with van der Waals surface area (Å²) in [5, 5.41) is 4.80. The lowest BCUT2D eigenvalue weighted by Crippen LogP contribution is -2.10. The molecular weight excluding hydrogens is 639 g/mol. The van der Waals surface area contributed by atoms with Gasteiger partial charge < -0.3 is 9.32 Å². The van der Waals surface area contributed by atoms with Gasteiger partial charge in [0.1, 0.15) is 11.2 Å². The Morgan fingerprint density at radius 3 is 1.51 bits per heavy atom. The number of fused-ring (bicyclic) bond motifs is 7. The number of anilines is 3. The monoisotopic (exact) mass is 669 g/mol. The van der Waals surface area contributed by atoms with Gasteiger partial charge in [-0.2, -0.15) is 0 Å². The van der Waals surface area contributed by atoms with Crippen LogP contribution in [0.25, 0.3) is 75.5 Å². The lowest BCUT2D eigenvalue weighted by molar-refractivity contribution is 0.669. The Morgan fingerprint density at radius 1 is 0.373 bits per heavy atom. The summed E-state index contributed by atoms with van der Waals surface area (Å²) < 4.78 is 8.93. The highest BCUT2D eigenvalue weighted by Crippen LogP contribution is 2.49. The zero-order valence-corrected chi connectivity index (χ0v) is 28.5. The number of furan rings is 1. The molecular formula is C48H31NOS. The van der Waals surface area contributed by atoms with Crippen molar-refractivity contribution in [3.8, 4) is 33.4 Å². The van der Waals surface area contributed by atoms with E-state index in [0.29, 0.717) is 0 Å². The number of hydrogen-bond acceptors (Lipinski definition) is 3.